The highest BCUT2D eigenvalue weighted by Crippen LogP contribution is 2.50. The van der Waals surface area contributed by atoms with Gasteiger partial charge >= 0.3 is 0 Å². The first-order valence-electron chi connectivity index (χ1n) is 23.0. The Balaban J connectivity index is 0.890. The van der Waals surface area contributed by atoms with Crippen molar-refractivity contribution in [2.45, 2.75) is 19.3 Å². The molecule has 0 spiro atoms. The number of allylic oxidation sites excluding steroid dienone is 4. The van der Waals surface area contributed by atoms with Gasteiger partial charge in [0.15, 0.2) is 17.5 Å². The third-order valence-corrected chi connectivity index (χ3v) is 14.2. The molecule has 9 aromatic carbocycles. The van der Waals surface area contributed by atoms with Crippen LogP contribution in [-0.2, 0) is 6.42 Å². The Morgan fingerprint density at radius 2 is 1.15 bits per heavy atom. The van der Waals surface area contributed by atoms with Crippen LogP contribution in [0.4, 0.5) is 5.69 Å². The van der Waals surface area contributed by atoms with Gasteiger partial charge in [0.1, 0.15) is 0 Å². The second-order valence-electron chi connectivity index (χ2n) is 17.8. The molecule has 1 aliphatic heterocycles. The zero-order chi connectivity index (χ0) is 43.3. The van der Waals surface area contributed by atoms with Crippen LogP contribution in [0.2, 0.25) is 0 Å². The molecular formula is C61H41N5. The maximum Gasteiger partial charge on any atom is 0.164 e. The third kappa shape index (κ3) is 5.69. The van der Waals surface area contributed by atoms with Gasteiger partial charge in [-0.1, -0.05) is 158 Å². The molecule has 0 saturated heterocycles. The van der Waals surface area contributed by atoms with E-state index in [2.05, 4.69) is 198 Å². The Labute approximate surface area is 382 Å². The van der Waals surface area contributed by atoms with Crippen molar-refractivity contribution in [2.24, 2.45) is 5.92 Å². The molecule has 0 bridgehead atoms. The van der Waals surface area contributed by atoms with E-state index in [1.165, 1.54) is 77.4 Å². The van der Waals surface area contributed by atoms with E-state index in [1.54, 1.807) is 0 Å². The molecule has 11 aromatic rings. The summed E-state index contributed by atoms with van der Waals surface area (Å²) in [6, 6.07) is 67.7. The van der Waals surface area contributed by atoms with Crippen molar-refractivity contribution in [3.63, 3.8) is 0 Å². The lowest BCUT2D eigenvalue weighted by Gasteiger charge is -2.30. The standard InChI is InChI=1S/C61H41N5/c1-2-15-38(16-3-1)59-62-60(64-61(63-59)53-36-41-17-4-5-19-45(41)46-20-6-7-21-47(46)53)43-30-29-40-34-44(32-31-39(40)33-43)65-54-25-11-10-24-50(54)52-35-42-18-14-28-57(51(42)37-58(52)65)66-55-26-12-8-22-48(55)49-23-9-13-27-56(49)66/h1-10,12-24,26-34,36-37,52H,11,25,35H2. The lowest BCUT2D eigenvalue weighted by molar-refractivity contribution is 0.729. The molecule has 3 aliphatic rings. The number of anilines is 1. The largest absolute Gasteiger partial charge is 0.317 e. The Morgan fingerprint density at radius 3 is 1.97 bits per heavy atom. The number of benzene rings is 9. The molecule has 66 heavy (non-hydrogen) atoms. The van der Waals surface area contributed by atoms with E-state index in [9.17, 15) is 0 Å². The molecule has 5 heteroatoms. The van der Waals surface area contributed by atoms with Crippen LogP contribution in [0.25, 0.3) is 100 Å². The molecule has 2 aliphatic carbocycles. The highest BCUT2D eigenvalue weighted by molar-refractivity contribution is 6.13. The van der Waals surface area contributed by atoms with E-state index in [0.29, 0.717) is 23.4 Å². The summed E-state index contributed by atoms with van der Waals surface area (Å²) < 4.78 is 2.48. The van der Waals surface area contributed by atoms with E-state index >= 15 is 0 Å². The molecular weight excluding hydrogens is 803 g/mol. The van der Waals surface area contributed by atoms with E-state index in [4.69, 9.17) is 15.0 Å². The minimum atomic E-state index is 0.298. The second kappa shape index (κ2) is 14.6. The maximum absolute atomic E-state index is 5.26. The van der Waals surface area contributed by atoms with Crippen LogP contribution in [-0.4, -0.2) is 19.5 Å². The first kappa shape index (κ1) is 37.0. The molecule has 14 rings (SSSR count). The molecule has 0 fully saturated rings. The summed E-state index contributed by atoms with van der Waals surface area (Å²) in [5, 5.41) is 9.55. The molecule has 0 N–H and O–H groups in total. The summed E-state index contributed by atoms with van der Waals surface area (Å²) in [5.41, 5.74) is 14.7. The van der Waals surface area contributed by atoms with Gasteiger partial charge in [0.2, 0.25) is 0 Å². The zero-order valence-electron chi connectivity index (χ0n) is 36.1. The van der Waals surface area contributed by atoms with Gasteiger partial charge in [-0.25, -0.2) is 15.0 Å². The summed E-state index contributed by atoms with van der Waals surface area (Å²) in [5.74, 6) is 2.26. The van der Waals surface area contributed by atoms with Gasteiger partial charge in [-0.2, -0.15) is 0 Å². The molecule has 310 valence electrons. The third-order valence-electron chi connectivity index (χ3n) is 14.2. The van der Waals surface area contributed by atoms with Crippen molar-refractivity contribution in [1.82, 2.24) is 19.5 Å². The summed E-state index contributed by atoms with van der Waals surface area (Å²) in [6.45, 7) is 0. The average molecular weight is 844 g/mol. The van der Waals surface area contributed by atoms with Crippen molar-refractivity contribution in [1.29, 1.82) is 0 Å². The number of nitrogens with zero attached hydrogens (tertiary/aromatic N) is 5. The molecule has 3 heterocycles. The van der Waals surface area contributed by atoms with Crippen LogP contribution in [0.5, 0.6) is 0 Å². The monoisotopic (exact) mass is 843 g/mol. The number of hydrogen-bond donors (Lipinski definition) is 0. The quantitative estimate of drug-likeness (QED) is 0.162. The van der Waals surface area contributed by atoms with Gasteiger partial charge in [-0.05, 0) is 111 Å². The number of rotatable bonds is 5. The molecule has 0 radical (unpaired) electrons. The molecule has 0 saturated carbocycles. The molecule has 1 unspecified atom stereocenters. The average Bonchev–Trinajstić information content (AvgIpc) is 3.89. The summed E-state index contributed by atoms with van der Waals surface area (Å²) >= 11 is 0. The molecule has 5 nitrogen and oxygen atoms in total. The number of hydrogen-bond acceptors (Lipinski definition) is 4. The second-order valence-corrected chi connectivity index (χ2v) is 17.8. The fourth-order valence-electron chi connectivity index (χ4n) is 11.2. The van der Waals surface area contributed by atoms with E-state index in [0.717, 1.165) is 52.1 Å². The van der Waals surface area contributed by atoms with Crippen molar-refractivity contribution in [3.05, 3.63) is 228 Å². The number of para-hydroxylation sites is 2. The molecule has 0 amide bonds. The zero-order valence-corrected chi connectivity index (χ0v) is 36.1. The SMILES string of the molecule is C1=CC2=C(CC1)N(c1ccc3cc(-c4nc(-c5ccccc5)nc(-c5cc6ccccc6c6ccccc56)n4)ccc3c1)C1=Cc3c(cccc3-n3c4ccccc4c4ccccc43)CC12. The van der Waals surface area contributed by atoms with Crippen LogP contribution in [0, 0.1) is 5.92 Å². The smallest absolute Gasteiger partial charge is 0.164 e. The van der Waals surface area contributed by atoms with Gasteiger partial charge in [-0.3, -0.25) is 0 Å². The first-order chi connectivity index (χ1) is 32.7. The van der Waals surface area contributed by atoms with Crippen molar-refractivity contribution in [3.8, 4) is 39.9 Å². The lowest BCUT2D eigenvalue weighted by Crippen LogP contribution is -2.22. The van der Waals surface area contributed by atoms with E-state index < -0.39 is 0 Å². The first-order valence-corrected chi connectivity index (χ1v) is 23.0. The van der Waals surface area contributed by atoms with Gasteiger partial charge < -0.3 is 9.47 Å². The normalized spacial score (nSPS) is 15.5. The van der Waals surface area contributed by atoms with Gasteiger partial charge in [-0.15, -0.1) is 0 Å². The van der Waals surface area contributed by atoms with Crippen LogP contribution in [0.3, 0.4) is 0 Å². The van der Waals surface area contributed by atoms with Gasteiger partial charge in [0.25, 0.3) is 0 Å². The summed E-state index contributed by atoms with van der Waals surface area (Å²) in [4.78, 5) is 18.1. The van der Waals surface area contributed by atoms with E-state index in [1.807, 2.05) is 18.2 Å². The van der Waals surface area contributed by atoms with Crippen molar-refractivity contribution in [2.75, 3.05) is 4.90 Å². The fraction of sp³-hybridized carbons (Fsp3) is 0.0656. The Morgan fingerprint density at radius 1 is 0.485 bits per heavy atom. The molecule has 2 aromatic heterocycles. The summed E-state index contributed by atoms with van der Waals surface area (Å²) in [6.07, 6.45) is 10.3. The predicted molar refractivity (Wildman–Crippen MR) is 272 cm³/mol. The lowest BCUT2D eigenvalue weighted by atomic mass is 9.82. The minimum Gasteiger partial charge on any atom is -0.317 e. The van der Waals surface area contributed by atoms with Crippen LogP contribution in [0.1, 0.15) is 24.0 Å². The fourth-order valence-corrected chi connectivity index (χ4v) is 11.2. The van der Waals surface area contributed by atoms with Gasteiger partial charge in [0, 0.05) is 56.0 Å². The van der Waals surface area contributed by atoms with Crippen molar-refractivity contribution < 1.29 is 0 Å². The minimum absolute atomic E-state index is 0.298. The highest BCUT2D eigenvalue weighted by Gasteiger charge is 2.39. The number of aromatic nitrogens is 4. The van der Waals surface area contributed by atoms with Crippen LogP contribution in [0.15, 0.2) is 217 Å². The Bertz CT molecular complexity index is 3870. The molecule has 1 atom stereocenters. The highest BCUT2D eigenvalue weighted by atomic mass is 15.2. The Hall–Kier alpha value is -8.41. The van der Waals surface area contributed by atoms with Crippen molar-refractivity contribution >= 4 is 65.9 Å². The Kier molecular flexibility index (Phi) is 8.17. The number of fused-ring (bicyclic) bond motifs is 10. The summed E-state index contributed by atoms with van der Waals surface area (Å²) in [7, 11) is 0. The maximum atomic E-state index is 5.26. The van der Waals surface area contributed by atoms with Crippen LogP contribution < -0.4 is 4.90 Å². The van der Waals surface area contributed by atoms with E-state index in [-0.39, 0.29) is 0 Å². The predicted octanol–water partition coefficient (Wildman–Crippen LogP) is 15.1. The van der Waals surface area contributed by atoms with Crippen LogP contribution >= 0.6 is 0 Å². The van der Waals surface area contributed by atoms with Gasteiger partial charge in [0.05, 0.1) is 16.7 Å². The topological polar surface area (TPSA) is 46.8 Å².